The van der Waals surface area contributed by atoms with Crippen LogP contribution in [0.4, 0.5) is 18.9 Å². The number of ether oxygens (including phenoxy) is 1. The Bertz CT molecular complexity index is 842. The molecule has 0 bridgehead atoms. The number of hydrogen-bond donors (Lipinski definition) is 1. The summed E-state index contributed by atoms with van der Waals surface area (Å²) < 4.78 is 67.4. The third-order valence-electron chi connectivity index (χ3n) is 4.13. The molecule has 0 radical (unpaired) electrons. The van der Waals surface area contributed by atoms with Crippen molar-refractivity contribution in [2.45, 2.75) is 18.5 Å². The van der Waals surface area contributed by atoms with Gasteiger partial charge in [-0.1, -0.05) is 23.4 Å². The molecule has 1 atom stereocenters. The highest BCUT2D eigenvalue weighted by Crippen LogP contribution is 2.28. The molecule has 0 unspecified atom stereocenters. The molecule has 1 aliphatic rings. The first kappa shape index (κ1) is 22.0. The van der Waals surface area contributed by atoms with Crippen LogP contribution < -0.4 is 4.72 Å². The van der Waals surface area contributed by atoms with Gasteiger partial charge in [0.15, 0.2) is 0 Å². The fourth-order valence-corrected chi connectivity index (χ4v) is 3.38. The number of amides is 1. The van der Waals surface area contributed by atoms with E-state index in [9.17, 15) is 26.4 Å². The lowest BCUT2D eigenvalue weighted by atomic mass is 9.94. The predicted octanol–water partition coefficient (Wildman–Crippen LogP) is 1.95. The van der Waals surface area contributed by atoms with Crippen LogP contribution in [-0.4, -0.2) is 57.8 Å². The van der Waals surface area contributed by atoms with E-state index in [0.717, 1.165) is 0 Å². The van der Waals surface area contributed by atoms with E-state index < -0.39 is 21.4 Å². The van der Waals surface area contributed by atoms with Crippen molar-refractivity contribution < 1.29 is 36.0 Å². The van der Waals surface area contributed by atoms with Crippen LogP contribution >= 0.6 is 0 Å². The van der Waals surface area contributed by atoms with Gasteiger partial charge in [-0.2, -0.15) is 21.6 Å². The normalized spacial score (nSPS) is 19.8. The molecule has 1 N–H and O–H groups in total. The summed E-state index contributed by atoms with van der Waals surface area (Å²) in [5, 5.41) is 3.76. The number of nitrogens with one attached hydrogen (secondary N) is 1. The van der Waals surface area contributed by atoms with E-state index >= 15 is 0 Å². The van der Waals surface area contributed by atoms with E-state index in [4.69, 9.17) is 9.57 Å². The van der Waals surface area contributed by atoms with Gasteiger partial charge in [-0.05, 0) is 18.1 Å². The molecule has 12 heteroatoms. The number of sulfonamides is 1. The molecular weight excluding hydrogens is 403 g/mol. The maximum absolute atomic E-state index is 12.7. The zero-order valence-electron chi connectivity index (χ0n) is 15.2. The molecule has 1 aromatic rings. The monoisotopic (exact) mass is 423 g/mol. The highest BCUT2D eigenvalue weighted by atomic mass is 32.2. The second-order valence-corrected chi connectivity index (χ2v) is 7.71. The van der Waals surface area contributed by atoms with Crippen molar-refractivity contribution in [3.63, 3.8) is 0 Å². The Kier molecular flexibility index (Phi) is 6.88. The number of hydrogen-bond acceptors (Lipinski definition) is 6. The highest BCUT2D eigenvalue weighted by Gasteiger charge is 2.46. The van der Waals surface area contributed by atoms with E-state index in [0.29, 0.717) is 13.0 Å². The highest BCUT2D eigenvalue weighted by molar-refractivity contribution is 7.93. The van der Waals surface area contributed by atoms with Crippen LogP contribution in [0.15, 0.2) is 29.4 Å². The molecule has 1 aromatic carbocycles. The first-order valence-electron chi connectivity index (χ1n) is 8.17. The average molecular weight is 423 g/mol. The third-order valence-corrected chi connectivity index (χ3v) is 5.22. The molecular formula is C16H20F3N3O5S. The number of nitrogens with zero attached hydrogens (tertiary/aromatic N) is 2. The van der Waals surface area contributed by atoms with E-state index in [1.54, 1.807) is 0 Å². The summed E-state index contributed by atoms with van der Waals surface area (Å²) >= 11 is 0. The molecule has 156 valence electrons. The molecule has 1 aliphatic heterocycles. The van der Waals surface area contributed by atoms with Crippen molar-refractivity contribution in [2.24, 2.45) is 11.1 Å². The number of carbonyl (C=O) groups is 1. The lowest BCUT2D eigenvalue weighted by Gasteiger charge is -2.32. The molecule has 0 aromatic heterocycles. The lowest BCUT2D eigenvalue weighted by molar-refractivity contribution is -0.126. The molecule has 1 fully saturated rings. The van der Waals surface area contributed by atoms with Crippen LogP contribution in [0.25, 0.3) is 0 Å². The number of alkyl halides is 3. The van der Waals surface area contributed by atoms with Crippen molar-refractivity contribution >= 4 is 27.3 Å². The lowest BCUT2D eigenvalue weighted by Crippen LogP contribution is -2.47. The molecule has 0 aliphatic carbocycles. The molecule has 1 amide bonds. The van der Waals surface area contributed by atoms with Gasteiger partial charge in [-0.3, -0.25) is 9.52 Å². The number of anilines is 1. The van der Waals surface area contributed by atoms with Crippen molar-refractivity contribution in [1.82, 2.24) is 4.90 Å². The van der Waals surface area contributed by atoms with Gasteiger partial charge in [0, 0.05) is 26.1 Å². The average Bonchev–Trinajstić information content (AvgIpc) is 2.61. The predicted molar refractivity (Wildman–Crippen MR) is 94.9 cm³/mol. The van der Waals surface area contributed by atoms with Gasteiger partial charge < -0.3 is 14.5 Å². The number of rotatable bonds is 7. The Morgan fingerprint density at radius 2 is 1.96 bits per heavy atom. The first-order chi connectivity index (χ1) is 13.1. The summed E-state index contributed by atoms with van der Waals surface area (Å²) in [6.07, 6.45) is 0.512. The second kappa shape index (κ2) is 8.78. The van der Waals surface area contributed by atoms with Gasteiger partial charge in [-0.15, -0.1) is 0 Å². The fourth-order valence-electron chi connectivity index (χ4n) is 2.78. The van der Waals surface area contributed by atoms with Crippen LogP contribution in [0.1, 0.15) is 12.0 Å². The standard InChI is InChI=1S/C16H20F3N3O5S/c1-26-10-12-7-8-22(15(23)14(12)20-27-2)9-11-5-3-4-6-13(11)21-28(24,25)16(17,18)19/h3-6,12,21H,7-10H2,1-2H3/b20-14+/t12-/m1/s1. The largest absolute Gasteiger partial charge is 0.516 e. The van der Waals surface area contributed by atoms with Crippen molar-refractivity contribution in [3.8, 4) is 0 Å². The van der Waals surface area contributed by atoms with E-state index in [2.05, 4.69) is 5.16 Å². The van der Waals surface area contributed by atoms with E-state index in [1.165, 1.54) is 48.1 Å². The topological polar surface area (TPSA) is 97.3 Å². The van der Waals surface area contributed by atoms with Gasteiger partial charge in [0.05, 0.1) is 12.3 Å². The van der Waals surface area contributed by atoms with Gasteiger partial charge in [0.1, 0.15) is 12.8 Å². The summed E-state index contributed by atoms with van der Waals surface area (Å²) in [6.45, 7) is 0.470. The Hall–Kier alpha value is -2.34. The number of methoxy groups -OCH3 is 1. The number of likely N-dealkylation sites (tertiary alicyclic amines) is 1. The summed E-state index contributed by atoms with van der Waals surface area (Å²) in [6, 6.07) is 5.57. The van der Waals surface area contributed by atoms with Crippen molar-refractivity contribution in [2.75, 3.05) is 32.1 Å². The molecule has 0 saturated carbocycles. The van der Waals surface area contributed by atoms with Gasteiger partial charge >= 0.3 is 15.5 Å². The number of piperidine rings is 1. The quantitative estimate of drug-likeness (QED) is 0.676. The van der Waals surface area contributed by atoms with Crippen molar-refractivity contribution in [3.05, 3.63) is 29.8 Å². The second-order valence-electron chi connectivity index (χ2n) is 6.04. The Labute approximate surface area is 160 Å². The van der Waals surface area contributed by atoms with Gasteiger partial charge in [0.2, 0.25) is 0 Å². The zero-order chi connectivity index (χ0) is 20.9. The zero-order valence-corrected chi connectivity index (χ0v) is 16.0. The SMILES string of the molecule is COC[C@H]1CCN(Cc2ccccc2NS(=O)(=O)C(F)(F)F)C(=O)/C1=N/OC. The van der Waals surface area contributed by atoms with E-state index in [-0.39, 0.29) is 36.0 Å². The number of carbonyl (C=O) groups excluding carboxylic acids is 1. The first-order valence-corrected chi connectivity index (χ1v) is 9.65. The summed E-state index contributed by atoms with van der Waals surface area (Å²) in [4.78, 5) is 18.8. The number of benzene rings is 1. The van der Waals surface area contributed by atoms with Crippen LogP contribution in [0, 0.1) is 5.92 Å². The Morgan fingerprint density at radius 3 is 2.57 bits per heavy atom. The smallest absolute Gasteiger partial charge is 0.399 e. The number of oxime groups is 1. The molecule has 0 spiro atoms. The van der Waals surface area contributed by atoms with Gasteiger partial charge in [-0.25, -0.2) is 0 Å². The molecule has 1 heterocycles. The maximum atomic E-state index is 12.7. The Balaban J connectivity index is 2.25. The Morgan fingerprint density at radius 1 is 1.29 bits per heavy atom. The number of para-hydroxylation sites is 1. The number of halogens is 3. The molecule has 8 nitrogen and oxygen atoms in total. The molecule has 1 saturated heterocycles. The maximum Gasteiger partial charge on any atom is 0.516 e. The summed E-state index contributed by atoms with van der Waals surface area (Å²) in [7, 11) is -2.79. The van der Waals surface area contributed by atoms with Crippen LogP contribution in [0.2, 0.25) is 0 Å². The van der Waals surface area contributed by atoms with Crippen molar-refractivity contribution in [1.29, 1.82) is 0 Å². The van der Waals surface area contributed by atoms with Gasteiger partial charge in [0.25, 0.3) is 5.91 Å². The van der Waals surface area contributed by atoms with Crippen LogP contribution in [0.5, 0.6) is 0 Å². The molecule has 2 rings (SSSR count). The minimum Gasteiger partial charge on any atom is -0.399 e. The minimum atomic E-state index is -5.58. The minimum absolute atomic E-state index is 0.0994. The van der Waals surface area contributed by atoms with Crippen LogP contribution in [0.3, 0.4) is 0 Å². The van der Waals surface area contributed by atoms with E-state index in [1.807, 2.05) is 0 Å². The van der Waals surface area contributed by atoms with Crippen LogP contribution in [-0.2, 0) is 30.9 Å². The fraction of sp³-hybridized carbons (Fsp3) is 0.500. The molecule has 28 heavy (non-hydrogen) atoms. The summed E-state index contributed by atoms with van der Waals surface area (Å²) in [5.41, 5.74) is -5.35. The summed E-state index contributed by atoms with van der Waals surface area (Å²) in [5.74, 6) is -0.726. The third kappa shape index (κ3) is 4.93.